The minimum atomic E-state index is -3.19. The minimum Gasteiger partial charge on any atom is -0.412 e. The number of hydrogen-bond acceptors (Lipinski definition) is 3. The lowest BCUT2D eigenvalue weighted by Crippen LogP contribution is -2.02. The van der Waals surface area contributed by atoms with Gasteiger partial charge in [-0.2, -0.15) is 8.42 Å². The smallest absolute Gasteiger partial charge is 0.264 e. The average molecular weight is 192 g/mol. The van der Waals surface area contributed by atoms with Crippen molar-refractivity contribution in [1.82, 2.24) is 0 Å². The summed E-state index contributed by atoms with van der Waals surface area (Å²) in [6, 6.07) is 0. The lowest BCUT2D eigenvalue weighted by Gasteiger charge is -1.94. The standard InChI is InChI=1S/C4H10O3S.3H2O/c1-3-4-7-8(2,5)6;;;/h3-4H2,1-2H3;3*1H2. The Hall–Kier alpha value is -0.210. The number of rotatable bonds is 3. The van der Waals surface area contributed by atoms with Crippen LogP contribution in [0.25, 0.3) is 0 Å². The summed E-state index contributed by atoms with van der Waals surface area (Å²) in [5, 5.41) is 0. The predicted molar refractivity (Wildman–Crippen MR) is 41.9 cm³/mol. The highest BCUT2D eigenvalue weighted by molar-refractivity contribution is 7.85. The molecule has 0 aliphatic rings. The molecule has 0 aromatic rings. The van der Waals surface area contributed by atoms with Crippen LogP contribution in [0.3, 0.4) is 0 Å². The third-order valence-corrected chi connectivity index (χ3v) is 1.10. The zero-order chi connectivity index (χ0) is 6.62. The van der Waals surface area contributed by atoms with Crippen molar-refractivity contribution in [3.05, 3.63) is 0 Å². The van der Waals surface area contributed by atoms with Crippen molar-refractivity contribution < 1.29 is 29.0 Å². The zero-order valence-corrected chi connectivity index (χ0v) is 7.36. The summed E-state index contributed by atoms with van der Waals surface area (Å²) in [6.45, 7) is 2.14. The van der Waals surface area contributed by atoms with Crippen LogP contribution in [-0.2, 0) is 14.3 Å². The van der Waals surface area contributed by atoms with Crippen molar-refractivity contribution in [1.29, 1.82) is 0 Å². The molecule has 0 rings (SSSR count). The molecule has 0 unspecified atom stereocenters. The fraction of sp³-hybridized carbons (Fsp3) is 1.00. The maximum absolute atomic E-state index is 10.2. The normalized spacial score (nSPS) is 8.55. The highest BCUT2D eigenvalue weighted by Crippen LogP contribution is 1.86. The van der Waals surface area contributed by atoms with E-state index in [0.29, 0.717) is 6.61 Å². The van der Waals surface area contributed by atoms with Crippen LogP contribution in [0.2, 0.25) is 0 Å². The monoisotopic (exact) mass is 192 g/mol. The molecule has 0 saturated carbocycles. The molecule has 11 heavy (non-hydrogen) atoms. The summed E-state index contributed by atoms with van der Waals surface area (Å²) in [5.74, 6) is 0. The van der Waals surface area contributed by atoms with E-state index in [1.165, 1.54) is 0 Å². The van der Waals surface area contributed by atoms with Crippen LogP contribution < -0.4 is 0 Å². The molecule has 0 aromatic carbocycles. The Morgan fingerprint density at radius 3 is 1.64 bits per heavy atom. The maximum atomic E-state index is 10.2. The van der Waals surface area contributed by atoms with Gasteiger partial charge in [-0.15, -0.1) is 0 Å². The molecule has 6 N–H and O–H groups in total. The summed E-state index contributed by atoms with van der Waals surface area (Å²) >= 11 is 0. The molecular formula is C4H16O6S. The second kappa shape index (κ2) is 9.79. The van der Waals surface area contributed by atoms with Gasteiger partial charge in [0.2, 0.25) is 0 Å². The molecule has 0 aromatic heterocycles. The Bertz CT molecular complexity index is 139. The van der Waals surface area contributed by atoms with Crippen LogP contribution in [0, 0.1) is 0 Å². The summed E-state index contributed by atoms with van der Waals surface area (Å²) in [5.41, 5.74) is 0. The van der Waals surface area contributed by atoms with Crippen molar-refractivity contribution in [2.24, 2.45) is 0 Å². The van der Waals surface area contributed by atoms with E-state index in [0.717, 1.165) is 12.7 Å². The molecule has 7 heteroatoms. The van der Waals surface area contributed by atoms with E-state index in [4.69, 9.17) is 0 Å². The van der Waals surface area contributed by atoms with Gasteiger partial charge in [0.25, 0.3) is 10.1 Å². The van der Waals surface area contributed by atoms with E-state index in [-0.39, 0.29) is 16.4 Å². The molecule has 0 radical (unpaired) electrons. The first-order chi connectivity index (χ1) is 3.56. The second-order valence-electron chi connectivity index (χ2n) is 1.53. The van der Waals surface area contributed by atoms with E-state index < -0.39 is 10.1 Å². The zero-order valence-electron chi connectivity index (χ0n) is 6.55. The van der Waals surface area contributed by atoms with Crippen LogP contribution in [0.1, 0.15) is 13.3 Å². The van der Waals surface area contributed by atoms with Gasteiger partial charge in [0, 0.05) is 0 Å². The van der Waals surface area contributed by atoms with Crippen molar-refractivity contribution >= 4 is 10.1 Å². The van der Waals surface area contributed by atoms with Crippen LogP contribution in [0.5, 0.6) is 0 Å². The Kier molecular flexibility index (Phi) is 20.0. The van der Waals surface area contributed by atoms with Crippen LogP contribution in [0.15, 0.2) is 0 Å². The van der Waals surface area contributed by atoms with Gasteiger partial charge in [0.05, 0.1) is 12.9 Å². The highest BCUT2D eigenvalue weighted by Gasteiger charge is 1.96. The Labute approximate surface area is 66.2 Å². The van der Waals surface area contributed by atoms with Gasteiger partial charge in [0.1, 0.15) is 0 Å². The molecular weight excluding hydrogens is 176 g/mol. The molecule has 0 saturated heterocycles. The van der Waals surface area contributed by atoms with Gasteiger partial charge in [-0.05, 0) is 6.42 Å². The molecule has 74 valence electrons. The van der Waals surface area contributed by atoms with Crippen LogP contribution >= 0.6 is 0 Å². The SMILES string of the molecule is CCCOS(C)(=O)=O.O.O.O. The minimum absolute atomic E-state index is 0. The van der Waals surface area contributed by atoms with Gasteiger partial charge in [-0.3, -0.25) is 4.18 Å². The van der Waals surface area contributed by atoms with Crippen molar-refractivity contribution in [2.75, 3.05) is 12.9 Å². The van der Waals surface area contributed by atoms with Gasteiger partial charge in [0.15, 0.2) is 0 Å². The third-order valence-electron chi connectivity index (χ3n) is 0.502. The summed E-state index contributed by atoms with van der Waals surface area (Å²) in [4.78, 5) is 0. The van der Waals surface area contributed by atoms with E-state index in [9.17, 15) is 8.42 Å². The maximum Gasteiger partial charge on any atom is 0.264 e. The number of hydrogen-bond donors (Lipinski definition) is 0. The molecule has 0 atom stereocenters. The summed E-state index contributed by atoms with van der Waals surface area (Å²) in [6.07, 6.45) is 1.77. The van der Waals surface area contributed by atoms with Gasteiger partial charge in [-0.1, -0.05) is 6.92 Å². The lowest BCUT2D eigenvalue weighted by molar-refractivity contribution is 0.322. The Balaban J connectivity index is -0.0000000817. The topological polar surface area (TPSA) is 138 Å². The molecule has 0 aliphatic carbocycles. The van der Waals surface area contributed by atoms with Gasteiger partial charge < -0.3 is 16.4 Å². The second-order valence-corrected chi connectivity index (χ2v) is 3.17. The quantitative estimate of drug-likeness (QED) is 0.473. The molecule has 0 spiro atoms. The van der Waals surface area contributed by atoms with Gasteiger partial charge >= 0.3 is 0 Å². The van der Waals surface area contributed by atoms with Gasteiger partial charge in [-0.25, -0.2) is 0 Å². The summed E-state index contributed by atoms with van der Waals surface area (Å²) in [7, 11) is -3.19. The van der Waals surface area contributed by atoms with Crippen LogP contribution in [0.4, 0.5) is 0 Å². The largest absolute Gasteiger partial charge is 0.412 e. The predicted octanol–water partition coefficient (Wildman–Crippen LogP) is -2.10. The molecule has 0 amide bonds. The van der Waals surface area contributed by atoms with Crippen LogP contribution in [-0.4, -0.2) is 37.7 Å². The summed E-state index contributed by atoms with van der Waals surface area (Å²) < 4.78 is 24.7. The van der Waals surface area contributed by atoms with E-state index in [1.54, 1.807) is 0 Å². The Morgan fingerprint density at radius 2 is 1.55 bits per heavy atom. The van der Waals surface area contributed by atoms with E-state index in [2.05, 4.69) is 4.18 Å². The third kappa shape index (κ3) is 25.9. The molecule has 6 nitrogen and oxygen atoms in total. The fourth-order valence-electron chi connectivity index (χ4n) is 0.235. The molecule has 0 aliphatic heterocycles. The first-order valence-electron chi connectivity index (χ1n) is 2.40. The van der Waals surface area contributed by atoms with Crippen molar-refractivity contribution in [2.45, 2.75) is 13.3 Å². The van der Waals surface area contributed by atoms with E-state index >= 15 is 0 Å². The van der Waals surface area contributed by atoms with Crippen molar-refractivity contribution in [3.8, 4) is 0 Å². The first kappa shape index (κ1) is 22.4. The molecule has 0 fully saturated rings. The van der Waals surface area contributed by atoms with E-state index in [1.807, 2.05) is 6.92 Å². The molecule has 0 bridgehead atoms. The van der Waals surface area contributed by atoms with Crippen molar-refractivity contribution in [3.63, 3.8) is 0 Å². The lowest BCUT2D eigenvalue weighted by atomic mass is 10.5. The first-order valence-corrected chi connectivity index (χ1v) is 4.22. The molecule has 0 heterocycles. The average Bonchev–Trinajstić information content (AvgIpc) is 1.59. The highest BCUT2D eigenvalue weighted by atomic mass is 32.2. The fourth-order valence-corrected chi connectivity index (χ4v) is 0.704. The Morgan fingerprint density at radius 1 is 1.18 bits per heavy atom.